The monoisotopic (exact) mass is 278 g/mol. The van der Waals surface area contributed by atoms with Crippen LogP contribution in [0.1, 0.15) is 23.2 Å². The molecule has 1 heterocycles. The van der Waals surface area contributed by atoms with E-state index in [2.05, 4.69) is 22.6 Å². The molecule has 1 aromatic heterocycles. The van der Waals surface area contributed by atoms with Crippen molar-refractivity contribution < 1.29 is 4.39 Å². The van der Waals surface area contributed by atoms with E-state index in [9.17, 15) is 4.39 Å². The molecule has 1 atom stereocenters. The Morgan fingerprint density at radius 2 is 2.26 bits per heavy atom. The standard InChI is InChI=1S/C15H19FN2S/c1-11(8-13-4-3-5-14(16)9-13)17-7-6-15-10-19-12(2)18-15/h3-5,9-11,17H,6-8H2,1-2H3. The Labute approximate surface area is 117 Å². The molecule has 19 heavy (non-hydrogen) atoms. The number of aromatic nitrogens is 1. The molecule has 1 unspecified atom stereocenters. The van der Waals surface area contributed by atoms with Gasteiger partial charge in [0.2, 0.25) is 0 Å². The van der Waals surface area contributed by atoms with E-state index in [-0.39, 0.29) is 5.82 Å². The fourth-order valence-corrected chi connectivity index (χ4v) is 2.71. The number of nitrogens with one attached hydrogen (secondary N) is 1. The number of benzene rings is 1. The number of thiazole rings is 1. The zero-order chi connectivity index (χ0) is 13.7. The molecule has 0 saturated carbocycles. The first-order valence-electron chi connectivity index (χ1n) is 6.52. The number of nitrogens with zero attached hydrogens (tertiary/aromatic N) is 1. The first-order valence-corrected chi connectivity index (χ1v) is 7.40. The first kappa shape index (κ1) is 14.2. The number of halogens is 1. The van der Waals surface area contributed by atoms with Crippen LogP contribution in [0, 0.1) is 12.7 Å². The molecule has 0 aliphatic rings. The smallest absolute Gasteiger partial charge is 0.123 e. The lowest BCUT2D eigenvalue weighted by atomic mass is 10.1. The predicted molar refractivity (Wildman–Crippen MR) is 78.1 cm³/mol. The molecule has 2 aromatic rings. The molecule has 0 bridgehead atoms. The Morgan fingerprint density at radius 3 is 2.95 bits per heavy atom. The molecule has 0 radical (unpaired) electrons. The summed E-state index contributed by atoms with van der Waals surface area (Å²) in [4.78, 5) is 4.43. The quantitative estimate of drug-likeness (QED) is 0.876. The fourth-order valence-electron chi connectivity index (χ4n) is 2.06. The Hall–Kier alpha value is -1.26. The van der Waals surface area contributed by atoms with Crippen LogP contribution in [0.25, 0.3) is 0 Å². The van der Waals surface area contributed by atoms with Crippen molar-refractivity contribution in [3.63, 3.8) is 0 Å². The number of aryl methyl sites for hydroxylation is 1. The Bertz CT molecular complexity index is 524. The summed E-state index contributed by atoms with van der Waals surface area (Å²) in [6.45, 7) is 5.05. The first-order chi connectivity index (χ1) is 9.13. The lowest BCUT2D eigenvalue weighted by molar-refractivity contribution is 0.544. The Kier molecular flexibility index (Phi) is 5.05. The molecule has 0 aliphatic heterocycles. The molecular formula is C15H19FN2S. The van der Waals surface area contributed by atoms with E-state index in [0.29, 0.717) is 6.04 Å². The summed E-state index contributed by atoms with van der Waals surface area (Å²) in [5.74, 6) is -0.164. The fraction of sp³-hybridized carbons (Fsp3) is 0.400. The van der Waals surface area contributed by atoms with Gasteiger partial charge in [0, 0.05) is 24.4 Å². The average molecular weight is 278 g/mol. The maximum atomic E-state index is 13.1. The van der Waals surface area contributed by atoms with E-state index < -0.39 is 0 Å². The van der Waals surface area contributed by atoms with Gasteiger partial charge in [0.1, 0.15) is 5.82 Å². The molecule has 0 saturated heterocycles. The van der Waals surface area contributed by atoms with Crippen molar-refractivity contribution in [2.45, 2.75) is 32.7 Å². The summed E-state index contributed by atoms with van der Waals surface area (Å²) in [5.41, 5.74) is 2.18. The van der Waals surface area contributed by atoms with E-state index >= 15 is 0 Å². The lowest BCUT2D eigenvalue weighted by Crippen LogP contribution is -2.30. The maximum Gasteiger partial charge on any atom is 0.123 e. The third-order valence-corrected chi connectivity index (χ3v) is 3.79. The van der Waals surface area contributed by atoms with Gasteiger partial charge in [-0.2, -0.15) is 0 Å². The topological polar surface area (TPSA) is 24.9 Å². The summed E-state index contributed by atoms with van der Waals surface area (Å²) in [5, 5.41) is 6.67. The molecule has 0 aliphatic carbocycles. The minimum Gasteiger partial charge on any atom is -0.314 e. The predicted octanol–water partition coefficient (Wildman–Crippen LogP) is 3.35. The number of rotatable bonds is 6. The van der Waals surface area contributed by atoms with Crippen LogP contribution in [0.15, 0.2) is 29.6 Å². The van der Waals surface area contributed by atoms with Crippen molar-refractivity contribution in [2.75, 3.05) is 6.54 Å². The highest BCUT2D eigenvalue weighted by Gasteiger charge is 2.04. The second-order valence-corrected chi connectivity index (χ2v) is 5.86. The van der Waals surface area contributed by atoms with Gasteiger partial charge in [0.15, 0.2) is 0 Å². The molecule has 4 heteroatoms. The molecule has 0 fully saturated rings. The van der Waals surface area contributed by atoms with Crippen molar-refractivity contribution >= 4 is 11.3 Å². The third-order valence-electron chi connectivity index (χ3n) is 2.97. The summed E-state index contributed by atoms with van der Waals surface area (Å²) in [7, 11) is 0. The Morgan fingerprint density at radius 1 is 1.42 bits per heavy atom. The Balaban J connectivity index is 1.74. The van der Waals surface area contributed by atoms with Crippen LogP contribution < -0.4 is 5.32 Å². The van der Waals surface area contributed by atoms with Gasteiger partial charge in [0.25, 0.3) is 0 Å². The second kappa shape index (κ2) is 6.78. The highest BCUT2D eigenvalue weighted by atomic mass is 32.1. The summed E-state index contributed by atoms with van der Waals surface area (Å²) >= 11 is 1.69. The summed E-state index contributed by atoms with van der Waals surface area (Å²) in [6, 6.07) is 7.13. The van der Waals surface area contributed by atoms with Crippen LogP contribution in [-0.4, -0.2) is 17.6 Å². The summed E-state index contributed by atoms with van der Waals surface area (Å²) in [6.07, 6.45) is 1.78. The lowest BCUT2D eigenvalue weighted by Gasteiger charge is -2.13. The van der Waals surface area contributed by atoms with Gasteiger partial charge in [-0.25, -0.2) is 9.37 Å². The van der Waals surface area contributed by atoms with Gasteiger partial charge < -0.3 is 5.32 Å². The van der Waals surface area contributed by atoms with Crippen LogP contribution in [-0.2, 0) is 12.8 Å². The number of hydrogen-bond acceptors (Lipinski definition) is 3. The molecule has 102 valence electrons. The van der Waals surface area contributed by atoms with Gasteiger partial charge in [-0.15, -0.1) is 11.3 Å². The zero-order valence-corrected chi connectivity index (χ0v) is 12.1. The number of hydrogen-bond donors (Lipinski definition) is 1. The zero-order valence-electron chi connectivity index (χ0n) is 11.3. The van der Waals surface area contributed by atoms with Crippen LogP contribution in [0.3, 0.4) is 0 Å². The van der Waals surface area contributed by atoms with Crippen LogP contribution in [0.4, 0.5) is 4.39 Å². The molecular weight excluding hydrogens is 259 g/mol. The van der Waals surface area contributed by atoms with Gasteiger partial charge >= 0.3 is 0 Å². The maximum absolute atomic E-state index is 13.1. The largest absolute Gasteiger partial charge is 0.314 e. The van der Waals surface area contributed by atoms with Gasteiger partial charge in [-0.05, 0) is 38.0 Å². The van der Waals surface area contributed by atoms with E-state index in [1.165, 1.54) is 6.07 Å². The van der Waals surface area contributed by atoms with Crippen molar-refractivity contribution in [3.05, 3.63) is 51.7 Å². The van der Waals surface area contributed by atoms with E-state index in [1.54, 1.807) is 23.5 Å². The van der Waals surface area contributed by atoms with Crippen molar-refractivity contribution in [3.8, 4) is 0 Å². The highest BCUT2D eigenvalue weighted by molar-refractivity contribution is 7.09. The van der Waals surface area contributed by atoms with Gasteiger partial charge in [-0.1, -0.05) is 12.1 Å². The van der Waals surface area contributed by atoms with Crippen LogP contribution >= 0.6 is 11.3 Å². The molecule has 2 nitrogen and oxygen atoms in total. The van der Waals surface area contributed by atoms with E-state index in [4.69, 9.17) is 0 Å². The molecule has 1 aromatic carbocycles. The molecule has 2 rings (SSSR count). The second-order valence-electron chi connectivity index (χ2n) is 4.80. The van der Waals surface area contributed by atoms with Gasteiger partial charge in [-0.3, -0.25) is 0 Å². The molecule has 0 spiro atoms. The normalized spacial score (nSPS) is 12.6. The van der Waals surface area contributed by atoms with E-state index in [0.717, 1.165) is 35.7 Å². The van der Waals surface area contributed by atoms with Crippen molar-refractivity contribution in [1.29, 1.82) is 0 Å². The SMILES string of the molecule is Cc1nc(CCNC(C)Cc2cccc(F)c2)cs1. The van der Waals surface area contributed by atoms with Crippen molar-refractivity contribution in [1.82, 2.24) is 10.3 Å². The third kappa shape index (κ3) is 4.73. The van der Waals surface area contributed by atoms with Crippen LogP contribution in [0.2, 0.25) is 0 Å². The van der Waals surface area contributed by atoms with Crippen molar-refractivity contribution in [2.24, 2.45) is 0 Å². The molecule has 1 N–H and O–H groups in total. The average Bonchev–Trinajstić information content (AvgIpc) is 2.75. The minimum absolute atomic E-state index is 0.164. The molecule has 0 amide bonds. The summed E-state index contributed by atoms with van der Waals surface area (Å²) < 4.78 is 13.1. The van der Waals surface area contributed by atoms with Crippen LogP contribution in [0.5, 0.6) is 0 Å². The minimum atomic E-state index is -0.164. The van der Waals surface area contributed by atoms with Gasteiger partial charge in [0.05, 0.1) is 10.7 Å². The highest BCUT2D eigenvalue weighted by Crippen LogP contribution is 2.09. The van der Waals surface area contributed by atoms with E-state index in [1.807, 2.05) is 13.0 Å².